The lowest BCUT2D eigenvalue weighted by molar-refractivity contribution is -0.697. The summed E-state index contributed by atoms with van der Waals surface area (Å²) in [6, 6.07) is 8.80. The van der Waals surface area contributed by atoms with E-state index in [1.807, 2.05) is 0 Å². The molecule has 0 radical (unpaired) electrons. The molecule has 0 saturated heterocycles. The van der Waals surface area contributed by atoms with Gasteiger partial charge in [0.2, 0.25) is 0 Å². The second-order valence-electron chi connectivity index (χ2n) is 5.50. The Morgan fingerprint density at radius 2 is 1.05 bits per heavy atom. The third-order valence-electron chi connectivity index (χ3n) is 4.26. The van der Waals surface area contributed by atoms with Gasteiger partial charge in [0.1, 0.15) is 20.5 Å². The molecular weight excluding hydrogens is 232 g/mol. The summed E-state index contributed by atoms with van der Waals surface area (Å²) in [6.07, 6.45) is 0.980. The first-order chi connectivity index (χ1) is 8.91. The van der Waals surface area contributed by atoms with E-state index < -0.39 is 0 Å². The standard InChI is InChI=1S/C17H24N2/c1-12-7-9-14(3)18(5)16(12)11-17-13(2)8-10-15(4)19(17)6/h7-10H,11H2,1-6H3/q+2. The number of aryl methyl sites for hydroxylation is 4. The number of hydrogen-bond acceptors (Lipinski definition) is 0. The number of rotatable bonds is 2. The Morgan fingerprint density at radius 3 is 1.42 bits per heavy atom. The van der Waals surface area contributed by atoms with E-state index in [4.69, 9.17) is 0 Å². The summed E-state index contributed by atoms with van der Waals surface area (Å²) in [5, 5.41) is 0. The molecule has 0 amide bonds. The van der Waals surface area contributed by atoms with Gasteiger partial charge in [-0.15, -0.1) is 0 Å². The van der Waals surface area contributed by atoms with Gasteiger partial charge >= 0.3 is 0 Å². The maximum Gasteiger partial charge on any atom is 0.194 e. The predicted octanol–water partition coefficient (Wildman–Crippen LogP) is 2.16. The van der Waals surface area contributed by atoms with E-state index in [1.54, 1.807) is 0 Å². The van der Waals surface area contributed by atoms with Crippen LogP contribution in [0.15, 0.2) is 24.3 Å². The Labute approximate surface area is 116 Å². The Kier molecular flexibility index (Phi) is 3.70. The average Bonchev–Trinajstić information content (AvgIpc) is 2.38. The normalized spacial score (nSPS) is 10.8. The maximum absolute atomic E-state index is 2.30. The Hall–Kier alpha value is -1.70. The summed E-state index contributed by atoms with van der Waals surface area (Å²) in [4.78, 5) is 0. The van der Waals surface area contributed by atoms with Gasteiger partial charge in [0.15, 0.2) is 22.8 Å². The van der Waals surface area contributed by atoms with Crippen molar-refractivity contribution < 1.29 is 9.13 Å². The van der Waals surface area contributed by atoms with Gasteiger partial charge < -0.3 is 0 Å². The lowest BCUT2D eigenvalue weighted by Crippen LogP contribution is -2.42. The SMILES string of the molecule is Cc1ccc(C)[n+](C)c1Cc1c(C)ccc(C)[n+]1C. The zero-order valence-electron chi connectivity index (χ0n) is 12.9. The molecule has 2 nitrogen and oxygen atoms in total. The number of nitrogens with zero attached hydrogens (tertiary/aromatic N) is 2. The van der Waals surface area contributed by atoms with Gasteiger partial charge in [-0.3, -0.25) is 0 Å². The summed E-state index contributed by atoms with van der Waals surface area (Å²) in [5.74, 6) is 0. The summed E-state index contributed by atoms with van der Waals surface area (Å²) < 4.78 is 4.61. The van der Waals surface area contributed by atoms with Gasteiger partial charge in [-0.2, -0.15) is 0 Å². The molecule has 2 heterocycles. The molecule has 0 bridgehead atoms. The van der Waals surface area contributed by atoms with Crippen LogP contribution in [-0.2, 0) is 20.5 Å². The molecule has 0 atom stereocenters. The van der Waals surface area contributed by atoms with Crippen LogP contribution in [0.1, 0.15) is 33.9 Å². The van der Waals surface area contributed by atoms with Gasteiger partial charge in [-0.05, 0) is 26.0 Å². The summed E-state index contributed by atoms with van der Waals surface area (Å²) >= 11 is 0. The van der Waals surface area contributed by atoms with Crippen LogP contribution in [-0.4, -0.2) is 0 Å². The molecule has 2 aromatic rings. The van der Waals surface area contributed by atoms with E-state index in [0.717, 1.165) is 6.42 Å². The van der Waals surface area contributed by atoms with Crippen LogP contribution in [0, 0.1) is 27.7 Å². The maximum atomic E-state index is 2.30. The van der Waals surface area contributed by atoms with E-state index >= 15 is 0 Å². The third kappa shape index (κ3) is 2.53. The van der Waals surface area contributed by atoms with Crippen molar-refractivity contribution in [3.8, 4) is 0 Å². The zero-order chi connectivity index (χ0) is 14.2. The molecule has 0 unspecified atom stereocenters. The minimum Gasteiger partial charge on any atom is -0.202 e. The van der Waals surface area contributed by atoms with Crippen LogP contribution in [0.5, 0.6) is 0 Å². The Bertz CT molecular complexity index is 572. The topological polar surface area (TPSA) is 7.76 Å². The van der Waals surface area contributed by atoms with Crippen molar-refractivity contribution in [2.45, 2.75) is 34.1 Å². The molecule has 2 aromatic heterocycles. The average molecular weight is 256 g/mol. The largest absolute Gasteiger partial charge is 0.202 e. The van der Waals surface area contributed by atoms with Crippen LogP contribution < -0.4 is 9.13 Å². The number of aromatic nitrogens is 2. The summed E-state index contributed by atoms with van der Waals surface area (Å²) in [6.45, 7) is 8.71. The second kappa shape index (κ2) is 5.12. The van der Waals surface area contributed by atoms with Crippen LogP contribution >= 0.6 is 0 Å². The molecule has 0 fully saturated rings. The Morgan fingerprint density at radius 1 is 0.684 bits per heavy atom. The van der Waals surface area contributed by atoms with Crippen molar-refractivity contribution in [3.05, 3.63) is 58.2 Å². The van der Waals surface area contributed by atoms with Crippen LogP contribution in [0.4, 0.5) is 0 Å². The minimum absolute atomic E-state index is 0.980. The minimum atomic E-state index is 0.980. The molecule has 0 aliphatic carbocycles. The lowest BCUT2D eigenvalue weighted by Gasteiger charge is -2.08. The molecule has 0 aromatic carbocycles. The van der Waals surface area contributed by atoms with Crippen molar-refractivity contribution in [2.24, 2.45) is 14.1 Å². The highest BCUT2D eigenvalue weighted by molar-refractivity contribution is 5.24. The van der Waals surface area contributed by atoms with Crippen molar-refractivity contribution in [3.63, 3.8) is 0 Å². The number of pyridine rings is 2. The van der Waals surface area contributed by atoms with E-state index in [1.165, 1.54) is 33.9 Å². The van der Waals surface area contributed by atoms with E-state index in [9.17, 15) is 0 Å². The summed E-state index contributed by atoms with van der Waals surface area (Å²) in [5.41, 5.74) is 8.10. The van der Waals surface area contributed by atoms with E-state index in [-0.39, 0.29) is 0 Å². The fourth-order valence-corrected chi connectivity index (χ4v) is 2.54. The molecule has 2 heteroatoms. The first kappa shape index (κ1) is 13.7. The number of hydrogen-bond donors (Lipinski definition) is 0. The van der Waals surface area contributed by atoms with Crippen molar-refractivity contribution in [1.82, 2.24) is 0 Å². The molecule has 0 spiro atoms. The van der Waals surface area contributed by atoms with Gasteiger partial charge in [-0.1, -0.05) is 0 Å². The van der Waals surface area contributed by atoms with Gasteiger partial charge in [0, 0.05) is 37.1 Å². The molecule has 2 rings (SSSR count). The van der Waals surface area contributed by atoms with Crippen molar-refractivity contribution in [1.29, 1.82) is 0 Å². The highest BCUT2D eigenvalue weighted by atomic mass is 15.0. The third-order valence-corrected chi connectivity index (χ3v) is 4.26. The molecule has 100 valence electrons. The van der Waals surface area contributed by atoms with Crippen LogP contribution in [0.25, 0.3) is 0 Å². The fraction of sp³-hybridized carbons (Fsp3) is 0.412. The zero-order valence-corrected chi connectivity index (χ0v) is 12.9. The molecule has 0 aliphatic rings. The highest BCUT2D eigenvalue weighted by Crippen LogP contribution is 2.12. The van der Waals surface area contributed by atoms with Crippen molar-refractivity contribution in [2.75, 3.05) is 0 Å². The van der Waals surface area contributed by atoms with Crippen LogP contribution in [0.2, 0.25) is 0 Å². The monoisotopic (exact) mass is 256 g/mol. The Balaban J connectivity index is 2.54. The second-order valence-corrected chi connectivity index (χ2v) is 5.50. The molecular formula is C17H24N2+2. The molecule has 19 heavy (non-hydrogen) atoms. The van der Waals surface area contributed by atoms with Crippen LogP contribution in [0.3, 0.4) is 0 Å². The van der Waals surface area contributed by atoms with E-state index in [0.29, 0.717) is 0 Å². The van der Waals surface area contributed by atoms with Gasteiger partial charge in [0.05, 0.1) is 0 Å². The van der Waals surface area contributed by atoms with Gasteiger partial charge in [0.25, 0.3) is 0 Å². The molecule has 0 N–H and O–H groups in total. The lowest BCUT2D eigenvalue weighted by atomic mass is 10.0. The van der Waals surface area contributed by atoms with Gasteiger partial charge in [-0.25, -0.2) is 9.13 Å². The van der Waals surface area contributed by atoms with E-state index in [2.05, 4.69) is 75.2 Å². The first-order valence-electron chi connectivity index (χ1n) is 6.82. The predicted molar refractivity (Wildman–Crippen MR) is 77.0 cm³/mol. The molecule has 0 aliphatic heterocycles. The highest BCUT2D eigenvalue weighted by Gasteiger charge is 2.21. The smallest absolute Gasteiger partial charge is 0.194 e. The molecule has 0 saturated carbocycles. The van der Waals surface area contributed by atoms with Crippen molar-refractivity contribution >= 4 is 0 Å². The first-order valence-corrected chi connectivity index (χ1v) is 6.82. The summed E-state index contributed by atoms with van der Waals surface area (Å²) in [7, 11) is 4.31. The quantitative estimate of drug-likeness (QED) is 0.728. The fourth-order valence-electron chi connectivity index (χ4n) is 2.54.